The molecule has 1 amide bonds. The fourth-order valence-electron chi connectivity index (χ4n) is 2.44. The quantitative estimate of drug-likeness (QED) is 0.335. The van der Waals surface area contributed by atoms with Crippen molar-refractivity contribution in [2.24, 2.45) is 0 Å². The number of fused-ring (bicyclic) bond motifs is 1. The van der Waals surface area contributed by atoms with Crippen molar-refractivity contribution in [2.75, 3.05) is 23.5 Å². The number of anilines is 1. The summed E-state index contributed by atoms with van der Waals surface area (Å²) in [4.78, 5) is 50.6. The van der Waals surface area contributed by atoms with E-state index in [9.17, 15) is 14.4 Å². The van der Waals surface area contributed by atoms with E-state index in [0.717, 1.165) is 21.3 Å². The SMILES string of the molecule is CCOC(=O)c1cnc(SCC(=O)Nn2c(C)nc3sc(C)cc3c2=O)nc1N. The van der Waals surface area contributed by atoms with Gasteiger partial charge in [-0.15, -0.1) is 11.3 Å². The Morgan fingerprint density at radius 1 is 1.34 bits per heavy atom. The number of hydrogen-bond acceptors (Lipinski definition) is 10. The van der Waals surface area contributed by atoms with E-state index in [1.165, 1.54) is 17.5 Å². The van der Waals surface area contributed by atoms with Crippen molar-refractivity contribution in [3.63, 3.8) is 0 Å². The minimum absolute atomic E-state index is 0.0316. The summed E-state index contributed by atoms with van der Waals surface area (Å²) < 4.78 is 5.98. The number of thioether (sulfide) groups is 1. The van der Waals surface area contributed by atoms with Crippen LogP contribution in [-0.4, -0.2) is 43.9 Å². The van der Waals surface area contributed by atoms with Gasteiger partial charge < -0.3 is 10.5 Å². The van der Waals surface area contributed by atoms with Gasteiger partial charge >= 0.3 is 5.97 Å². The topological polar surface area (TPSA) is 142 Å². The number of carbonyl (C=O) groups is 2. The standard InChI is InChI=1S/C17H18N6O4S2/c1-4-27-16(26)11-6-19-17(21-13(11)18)28-7-12(24)22-23-9(3)20-14-10(15(23)25)5-8(2)29-14/h5-6H,4,7H2,1-3H3,(H,22,24)(H2,18,19,21). The molecule has 3 aromatic rings. The largest absolute Gasteiger partial charge is 0.462 e. The monoisotopic (exact) mass is 434 g/mol. The molecule has 0 aliphatic carbocycles. The number of esters is 1. The fourth-order valence-corrected chi connectivity index (χ4v) is 3.97. The van der Waals surface area contributed by atoms with E-state index in [4.69, 9.17) is 10.5 Å². The number of ether oxygens (including phenoxy) is 1. The van der Waals surface area contributed by atoms with Gasteiger partial charge in [-0.1, -0.05) is 11.8 Å². The molecule has 3 aromatic heterocycles. The lowest BCUT2D eigenvalue weighted by Gasteiger charge is -2.10. The maximum atomic E-state index is 12.6. The van der Waals surface area contributed by atoms with Gasteiger partial charge in [0.2, 0.25) is 5.91 Å². The third-order valence-corrected chi connectivity index (χ3v) is 5.52. The molecular formula is C17H18N6O4S2. The molecule has 0 saturated carbocycles. The number of aryl methyl sites for hydroxylation is 2. The van der Waals surface area contributed by atoms with E-state index in [2.05, 4.69) is 20.4 Å². The zero-order valence-electron chi connectivity index (χ0n) is 15.9. The molecule has 0 aromatic carbocycles. The van der Waals surface area contributed by atoms with Crippen LogP contribution in [0.2, 0.25) is 0 Å². The molecule has 3 heterocycles. The third-order valence-electron chi connectivity index (χ3n) is 3.72. The molecule has 152 valence electrons. The average Bonchev–Trinajstić information content (AvgIpc) is 3.04. The molecule has 12 heteroatoms. The molecule has 0 spiro atoms. The molecule has 29 heavy (non-hydrogen) atoms. The Labute approximate surface area is 173 Å². The molecule has 10 nitrogen and oxygen atoms in total. The van der Waals surface area contributed by atoms with Crippen molar-refractivity contribution < 1.29 is 14.3 Å². The average molecular weight is 435 g/mol. The second-order valence-electron chi connectivity index (χ2n) is 5.87. The zero-order chi connectivity index (χ0) is 21.1. The molecule has 0 aliphatic rings. The van der Waals surface area contributed by atoms with Crippen LogP contribution in [0.1, 0.15) is 28.0 Å². The second-order valence-corrected chi connectivity index (χ2v) is 8.05. The van der Waals surface area contributed by atoms with E-state index >= 15 is 0 Å². The first-order valence-electron chi connectivity index (χ1n) is 8.52. The summed E-state index contributed by atoms with van der Waals surface area (Å²) in [7, 11) is 0. The first-order valence-corrected chi connectivity index (χ1v) is 10.3. The summed E-state index contributed by atoms with van der Waals surface area (Å²) in [5.74, 6) is -0.770. The first-order chi connectivity index (χ1) is 13.8. The van der Waals surface area contributed by atoms with Gasteiger partial charge in [0, 0.05) is 11.1 Å². The normalized spacial score (nSPS) is 10.9. The van der Waals surface area contributed by atoms with Gasteiger partial charge in [-0.2, -0.15) is 0 Å². The lowest BCUT2D eigenvalue weighted by Crippen LogP contribution is -2.36. The minimum Gasteiger partial charge on any atom is -0.462 e. The maximum absolute atomic E-state index is 12.6. The summed E-state index contributed by atoms with van der Waals surface area (Å²) in [6, 6.07) is 1.74. The molecule has 0 atom stereocenters. The highest BCUT2D eigenvalue weighted by molar-refractivity contribution is 7.99. The van der Waals surface area contributed by atoms with Crippen LogP contribution in [0.15, 0.2) is 22.2 Å². The van der Waals surface area contributed by atoms with Crippen molar-refractivity contribution in [3.8, 4) is 0 Å². The van der Waals surface area contributed by atoms with Crippen LogP contribution in [0, 0.1) is 13.8 Å². The van der Waals surface area contributed by atoms with Gasteiger partial charge in [-0.3, -0.25) is 15.0 Å². The van der Waals surface area contributed by atoms with Crippen LogP contribution >= 0.6 is 23.1 Å². The van der Waals surface area contributed by atoms with Crippen LogP contribution in [-0.2, 0) is 9.53 Å². The van der Waals surface area contributed by atoms with E-state index < -0.39 is 11.9 Å². The summed E-state index contributed by atoms with van der Waals surface area (Å²) in [5, 5.41) is 0.675. The lowest BCUT2D eigenvalue weighted by atomic mass is 10.3. The number of amides is 1. The van der Waals surface area contributed by atoms with Crippen molar-refractivity contribution in [2.45, 2.75) is 25.9 Å². The highest BCUT2D eigenvalue weighted by Gasteiger charge is 2.16. The Morgan fingerprint density at radius 3 is 2.79 bits per heavy atom. The summed E-state index contributed by atoms with van der Waals surface area (Å²) in [6.07, 6.45) is 1.26. The van der Waals surface area contributed by atoms with Gasteiger partial charge in [-0.25, -0.2) is 24.4 Å². The van der Waals surface area contributed by atoms with Gasteiger partial charge in [-0.05, 0) is 26.8 Å². The van der Waals surface area contributed by atoms with Gasteiger partial charge in [0.15, 0.2) is 5.16 Å². The van der Waals surface area contributed by atoms with Crippen LogP contribution in [0.3, 0.4) is 0 Å². The Balaban J connectivity index is 1.69. The summed E-state index contributed by atoms with van der Waals surface area (Å²) in [5.41, 5.74) is 8.02. The van der Waals surface area contributed by atoms with Crippen LogP contribution < -0.4 is 16.7 Å². The molecule has 3 rings (SSSR count). The Hall–Kier alpha value is -2.99. The van der Waals surface area contributed by atoms with E-state index in [1.807, 2.05) is 6.92 Å². The number of carbonyl (C=O) groups excluding carboxylic acids is 2. The van der Waals surface area contributed by atoms with Crippen molar-refractivity contribution in [3.05, 3.63) is 38.9 Å². The predicted molar refractivity (Wildman–Crippen MR) is 111 cm³/mol. The van der Waals surface area contributed by atoms with Crippen molar-refractivity contribution >= 4 is 51.0 Å². The highest BCUT2D eigenvalue weighted by atomic mass is 32.2. The number of rotatable bonds is 6. The van der Waals surface area contributed by atoms with Crippen LogP contribution in [0.25, 0.3) is 10.2 Å². The van der Waals surface area contributed by atoms with E-state index in [0.29, 0.717) is 16.0 Å². The summed E-state index contributed by atoms with van der Waals surface area (Å²) in [6.45, 7) is 5.41. The predicted octanol–water partition coefficient (Wildman–Crippen LogP) is 1.49. The van der Waals surface area contributed by atoms with Crippen LogP contribution in [0.4, 0.5) is 5.82 Å². The number of nitrogens with two attached hydrogens (primary N) is 1. The molecule has 0 unspecified atom stereocenters. The number of hydrogen-bond donors (Lipinski definition) is 2. The smallest absolute Gasteiger partial charge is 0.343 e. The van der Waals surface area contributed by atoms with E-state index in [-0.39, 0.29) is 34.5 Å². The van der Waals surface area contributed by atoms with Gasteiger partial charge in [0.25, 0.3) is 5.56 Å². The molecule has 0 bridgehead atoms. The number of nitrogens with one attached hydrogen (secondary N) is 1. The van der Waals surface area contributed by atoms with Gasteiger partial charge in [0.1, 0.15) is 22.0 Å². The number of aromatic nitrogens is 4. The Bertz CT molecular complexity index is 1160. The van der Waals surface area contributed by atoms with Crippen LogP contribution in [0.5, 0.6) is 0 Å². The molecule has 3 N–H and O–H groups in total. The lowest BCUT2D eigenvalue weighted by molar-refractivity contribution is -0.114. The van der Waals surface area contributed by atoms with E-state index in [1.54, 1.807) is 19.9 Å². The second kappa shape index (κ2) is 8.57. The fraction of sp³-hybridized carbons (Fsp3) is 0.294. The molecule has 0 radical (unpaired) electrons. The zero-order valence-corrected chi connectivity index (χ0v) is 17.5. The summed E-state index contributed by atoms with van der Waals surface area (Å²) >= 11 is 2.44. The first kappa shape index (κ1) is 20.7. The number of thiophene rings is 1. The van der Waals surface area contributed by atoms with Crippen molar-refractivity contribution in [1.29, 1.82) is 0 Å². The number of nitrogen functional groups attached to an aromatic ring is 1. The minimum atomic E-state index is -0.610. The molecule has 0 fully saturated rings. The molecular weight excluding hydrogens is 416 g/mol. The Kier molecular flexibility index (Phi) is 6.13. The Morgan fingerprint density at radius 2 is 2.10 bits per heavy atom. The molecule has 0 saturated heterocycles. The number of nitrogens with zero attached hydrogens (tertiary/aromatic N) is 4. The van der Waals surface area contributed by atoms with Gasteiger partial charge in [0.05, 0.1) is 17.7 Å². The third kappa shape index (κ3) is 4.54. The molecule has 0 aliphatic heterocycles. The van der Waals surface area contributed by atoms with Crippen molar-refractivity contribution in [1.82, 2.24) is 19.6 Å². The highest BCUT2D eigenvalue weighted by Crippen LogP contribution is 2.20. The maximum Gasteiger partial charge on any atom is 0.343 e.